The number of aromatic amines is 1. The Hall–Kier alpha value is -2.44. The quantitative estimate of drug-likeness (QED) is 0.573. The van der Waals surface area contributed by atoms with Gasteiger partial charge in [0.05, 0.1) is 10.6 Å². The van der Waals surface area contributed by atoms with Crippen molar-refractivity contribution in [1.82, 2.24) is 9.88 Å². The number of sulfone groups is 1. The number of aryl methyl sites for hydroxylation is 1. The number of aromatic nitrogens is 1. The van der Waals surface area contributed by atoms with Gasteiger partial charge < -0.3 is 4.98 Å². The van der Waals surface area contributed by atoms with Crippen LogP contribution >= 0.6 is 0 Å². The fourth-order valence-corrected chi connectivity index (χ4v) is 6.03. The number of nitrogens with one attached hydrogen (secondary N) is 1. The fraction of sp³-hybridized carbons (Fsp3) is 0.400. The van der Waals surface area contributed by atoms with Crippen molar-refractivity contribution in [1.29, 1.82) is 0 Å². The van der Waals surface area contributed by atoms with Crippen molar-refractivity contribution >= 4 is 26.5 Å². The summed E-state index contributed by atoms with van der Waals surface area (Å²) in [5.74, 6) is 0.347. The topological polar surface area (TPSA) is 70.2 Å². The highest BCUT2D eigenvalue weighted by molar-refractivity contribution is 7.91. The van der Waals surface area contributed by atoms with Crippen LogP contribution in [-0.2, 0) is 27.5 Å². The van der Waals surface area contributed by atoms with E-state index in [2.05, 4.69) is 29.2 Å². The van der Waals surface area contributed by atoms with Gasteiger partial charge in [0.1, 0.15) is 5.78 Å². The number of H-pyrrole nitrogens is 1. The van der Waals surface area contributed by atoms with Gasteiger partial charge in [-0.15, -0.1) is 0 Å². The summed E-state index contributed by atoms with van der Waals surface area (Å²) >= 11 is 0. The summed E-state index contributed by atoms with van der Waals surface area (Å²) in [6.45, 7) is 1.67. The Morgan fingerprint density at radius 3 is 2.58 bits per heavy atom. The highest BCUT2D eigenvalue weighted by atomic mass is 32.2. The lowest BCUT2D eigenvalue weighted by molar-refractivity contribution is -0.118. The summed E-state index contributed by atoms with van der Waals surface area (Å²) < 4.78 is 25.2. The van der Waals surface area contributed by atoms with Crippen LogP contribution in [-0.4, -0.2) is 49.0 Å². The highest BCUT2D eigenvalue weighted by Crippen LogP contribution is 2.30. The van der Waals surface area contributed by atoms with Crippen LogP contribution in [0.4, 0.5) is 0 Å². The van der Waals surface area contributed by atoms with Gasteiger partial charge in [-0.25, -0.2) is 8.42 Å². The summed E-state index contributed by atoms with van der Waals surface area (Å²) in [6, 6.07) is 15.6. The van der Waals surface area contributed by atoms with Crippen LogP contribution in [0.2, 0.25) is 0 Å². The van der Waals surface area contributed by atoms with Gasteiger partial charge in [-0.05, 0) is 75.0 Å². The lowest BCUT2D eigenvalue weighted by Gasteiger charge is -2.25. The second kappa shape index (κ2) is 8.97. The van der Waals surface area contributed by atoms with Gasteiger partial charge >= 0.3 is 0 Å². The van der Waals surface area contributed by atoms with E-state index in [-0.39, 0.29) is 11.5 Å². The SMILES string of the molecule is CC(=O)CC1CCC(Cc2c[nH]c3ccc(CCS(=O)(=O)c4ccccc4)cc23)N1C. The van der Waals surface area contributed by atoms with E-state index >= 15 is 0 Å². The fourth-order valence-electron chi connectivity index (χ4n) is 4.72. The third-order valence-corrected chi connectivity index (χ3v) is 8.29. The van der Waals surface area contributed by atoms with Gasteiger partial charge in [0.15, 0.2) is 9.84 Å². The molecule has 164 valence electrons. The normalized spacial score (nSPS) is 19.8. The number of hydrogen-bond acceptors (Lipinski definition) is 4. The van der Waals surface area contributed by atoms with Gasteiger partial charge in [0, 0.05) is 35.6 Å². The minimum Gasteiger partial charge on any atom is -0.361 e. The maximum absolute atomic E-state index is 12.6. The molecule has 2 unspecified atom stereocenters. The monoisotopic (exact) mass is 438 g/mol. The van der Waals surface area contributed by atoms with Crippen molar-refractivity contribution in [3.8, 4) is 0 Å². The maximum Gasteiger partial charge on any atom is 0.178 e. The largest absolute Gasteiger partial charge is 0.361 e. The minimum atomic E-state index is -3.29. The van der Waals surface area contributed by atoms with Crippen LogP contribution in [0.3, 0.4) is 0 Å². The Kier molecular flexibility index (Phi) is 6.30. The molecule has 0 bridgehead atoms. The predicted molar refractivity (Wildman–Crippen MR) is 124 cm³/mol. The van der Waals surface area contributed by atoms with Crippen molar-refractivity contribution in [2.45, 2.75) is 56.0 Å². The third kappa shape index (κ3) is 4.91. The molecule has 2 heterocycles. The van der Waals surface area contributed by atoms with Gasteiger partial charge in [-0.3, -0.25) is 9.69 Å². The number of ketones is 1. The molecule has 0 spiro atoms. The van der Waals surface area contributed by atoms with Crippen LogP contribution in [0.1, 0.15) is 37.3 Å². The van der Waals surface area contributed by atoms with E-state index in [9.17, 15) is 13.2 Å². The second-order valence-corrected chi connectivity index (χ2v) is 10.8. The van der Waals surface area contributed by atoms with E-state index in [0.717, 1.165) is 35.7 Å². The number of nitrogens with zero attached hydrogens (tertiary/aromatic N) is 1. The van der Waals surface area contributed by atoms with Crippen molar-refractivity contribution < 1.29 is 13.2 Å². The lowest BCUT2D eigenvalue weighted by Crippen LogP contribution is -2.34. The predicted octanol–water partition coefficient (Wildman–Crippen LogP) is 4.17. The first kappa shape index (κ1) is 21.8. The van der Waals surface area contributed by atoms with Crippen LogP contribution in [0.15, 0.2) is 59.6 Å². The van der Waals surface area contributed by atoms with Crippen LogP contribution in [0.5, 0.6) is 0 Å². The van der Waals surface area contributed by atoms with Crippen LogP contribution < -0.4 is 0 Å². The molecule has 1 saturated heterocycles. The molecule has 1 aliphatic heterocycles. The Morgan fingerprint density at radius 1 is 1.10 bits per heavy atom. The summed E-state index contributed by atoms with van der Waals surface area (Å²) in [5, 5.41) is 1.16. The van der Waals surface area contributed by atoms with E-state index in [4.69, 9.17) is 0 Å². The number of rotatable bonds is 8. The number of likely N-dealkylation sites (N-methyl/N-ethyl adjacent to an activating group) is 1. The number of carbonyl (C=O) groups excluding carboxylic acids is 1. The molecule has 1 aliphatic rings. The van der Waals surface area contributed by atoms with Gasteiger partial charge in [-0.2, -0.15) is 0 Å². The number of benzene rings is 2. The molecule has 0 saturated carbocycles. The molecule has 2 atom stereocenters. The molecule has 1 aromatic heterocycles. The molecule has 1 fully saturated rings. The summed E-state index contributed by atoms with van der Waals surface area (Å²) in [7, 11) is -1.17. The average Bonchev–Trinajstić information content (AvgIpc) is 3.31. The number of hydrogen-bond donors (Lipinski definition) is 1. The number of likely N-dealkylation sites (tertiary alicyclic amines) is 1. The Labute approximate surface area is 184 Å². The molecule has 31 heavy (non-hydrogen) atoms. The van der Waals surface area contributed by atoms with Crippen molar-refractivity contribution in [2.75, 3.05) is 12.8 Å². The number of carbonyl (C=O) groups is 1. The molecule has 3 aromatic rings. The van der Waals surface area contributed by atoms with Gasteiger partial charge in [0.2, 0.25) is 0 Å². The van der Waals surface area contributed by atoms with Crippen LogP contribution in [0.25, 0.3) is 10.9 Å². The maximum atomic E-state index is 12.6. The molecule has 0 aliphatic carbocycles. The Bertz CT molecular complexity index is 1170. The first-order valence-electron chi connectivity index (χ1n) is 10.9. The zero-order valence-corrected chi connectivity index (χ0v) is 19.0. The number of fused-ring (bicyclic) bond motifs is 1. The molecule has 6 heteroatoms. The zero-order chi connectivity index (χ0) is 22.0. The zero-order valence-electron chi connectivity index (χ0n) is 18.2. The van der Waals surface area contributed by atoms with E-state index in [1.807, 2.05) is 18.2 Å². The van der Waals surface area contributed by atoms with Gasteiger partial charge in [0.25, 0.3) is 0 Å². The lowest BCUT2D eigenvalue weighted by atomic mass is 10.0. The molecule has 0 radical (unpaired) electrons. The van der Waals surface area contributed by atoms with Gasteiger partial charge in [-0.1, -0.05) is 24.3 Å². The molecule has 1 N–H and O–H groups in total. The highest BCUT2D eigenvalue weighted by Gasteiger charge is 2.31. The average molecular weight is 439 g/mol. The molecule has 4 rings (SSSR count). The molecule has 0 amide bonds. The first-order valence-corrected chi connectivity index (χ1v) is 12.6. The summed E-state index contributed by atoms with van der Waals surface area (Å²) in [6.07, 6.45) is 6.27. The smallest absolute Gasteiger partial charge is 0.178 e. The first-order chi connectivity index (χ1) is 14.8. The van der Waals surface area contributed by atoms with E-state index in [1.54, 1.807) is 31.2 Å². The standard InChI is InChI=1S/C25H30N2O3S/c1-18(28)14-21-9-10-22(27(21)2)16-20-17-26-25-11-8-19(15-24(20)25)12-13-31(29,30)23-6-4-3-5-7-23/h3-8,11,15,17,21-22,26H,9-10,12-14,16H2,1-2H3. The Balaban J connectivity index is 1.47. The van der Waals surface area contributed by atoms with Crippen molar-refractivity contribution in [3.05, 3.63) is 65.9 Å². The molecule has 2 aromatic carbocycles. The van der Waals surface area contributed by atoms with E-state index < -0.39 is 9.84 Å². The van der Waals surface area contributed by atoms with Crippen molar-refractivity contribution in [3.63, 3.8) is 0 Å². The van der Waals surface area contributed by atoms with E-state index in [0.29, 0.717) is 29.8 Å². The molecular formula is C25H30N2O3S. The third-order valence-electron chi connectivity index (χ3n) is 6.56. The Morgan fingerprint density at radius 2 is 1.84 bits per heavy atom. The molecule has 5 nitrogen and oxygen atoms in total. The summed E-state index contributed by atoms with van der Waals surface area (Å²) in [4.78, 5) is 17.6. The number of Topliss-reactive ketones (excluding diaryl/α,β-unsaturated/α-hetero) is 1. The van der Waals surface area contributed by atoms with Crippen LogP contribution in [0, 0.1) is 0 Å². The summed E-state index contributed by atoms with van der Waals surface area (Å²) in [5.41, 5.74) is 3.36. The minimum absolute atomic E-state index is 0.0976. The van der Waals surface area contributed by atoms with Crippen molar-refractivity contribution in [2.24, 2.45) is 0 Å². The molecular weight excluding hydrogens is 408 g/mol. The van der Waals surface area contributed by atoms with E-state index in [1.165, 1.54) is 5.56 Å². The second-order valence-electron chi connectivity index (χ2n) is 8.74.